The number of carbonyl (C=O) groups excluding carboxylic acids is 3. The Morgan fingerprint density at radius 2 is 2.00 bits per heavy atom. The second-order valence-corrected chi connectivity index (χ2v) is 9.73. The molecule has 0 radical (unpaired) electrons. The number of ketones is 1. The van der Waals surface area contributed by atoms with Crippen LogP contribution in [0.3, 0.4) is 0 Å². The van der Waals surface area contributed by atoms with Crippen molar-refractivity contribution in [2.24, 2.45) is 5.41 Å². The number of halogens is 1. The highest BCUT2D eigenvalue weighted by Gasteiger charge is 2.37. The zero-order valence-electron chi connectivity index (χ0n) is 15.8. The van der Waals surface area contributed by atoms with E-state index in [0.29, 0.717) is 41.4 Å². The molecule has 3 rings (SSSR count). The van der Waals surface area contributed by atoms with Gasteiger partial charge in [0.1, 0.15) is 0 Å². The highest BCUT2D eigenvalue weighted by molar-refractivity contribution is 7.18. The van der Waals surface area contributed by atoms with Crippen LogP contribution in [-0.2, 0) is 9.59 Å². The third-order valence-electron chi connectivity index (χ3n) is 5.83. The molecule has 1 aliphatic carbocycles. The van der Waals surface area contributed by atoms with Crippen molar-refractivity contribution < 1.29 is 14.4 Å². The molecule has 2 amide bonds. The molecule has 1 saturated carbocycles. The predicted molar refractivity (Wildman–Crippen MR) is 107 cm³/mol. The molecule has 1 aromatic rings. The van der Waals surface area contributed by atoms with E-state index in [1.54, 1.807) is 24.1 Å². The van der Waals surface area contributed by atoms with Crippen LogP contribution >= 0.6 is 22.9 Å². The van der Waals surface area contributed by atoms with Gasteiger partial charge in [0.25, 0.3) is 0 Å². The highest BCUT2D eigenvalue weighted by atomic mass is 35.5. The summed E-state index contributed by atoms with van der Waals surface area (Å²) in [5, 5.41) is 3.10. The maximum atomic E-state index is 12.8. The molecule has 2 aliphatic rings. The molecule has 0 aromatic carbocycles. The number of likely N-dealkylation sites (tertiary alicyclic amines) is 1. The molecule has 2 fully saturated rings. The lowest BCUT2D eigenvalue weighted by Crippen LogP contribution is -2.49. The summed E-state index contributed by atoms with van der Waals surface area (Å²) in [4.78, 5) is 39.5. The molecule has 5 nitrogen and oxygen atoms in total. The molecule has 27 heavy (non-hydrogen) atoms. The predicted octanol–water partition coefficient (Wildman–Crippen LogP) is 4.05. The van der Waals surface area contributed by atoms with Crippen LogP contribution in [-0.4, -0.2) is 42.1 Å². The molecule has 1 aliphatic heterocycles. The fourth-order valence-corrected chi connectivity index (χ4v) is 5.34. The van der Waals surface area contributed by atoms with E-state index in [2.05, 4.69) is 5.32 Å². The van der Waals surface area contributed by atoms with Gasteiger partial charge in [-0.05, 0) is 36.8 Å². The lowest BCUT2D eigenvalue weighted by molar-refractivity contribution is -0.134. The lowest BCUT2D eigenvalue weighted by atomic mass is 9.68. The largest absolute Gasteiger partial charge is 0.352 e. The maximum absolute atomic E-state index is 12.8. The summed E-state index contributed by atoms with van der Waals surface area (Å²) in [6, 6.07) is 3.54. The Balaban J connectivity index is 1.62. The zero-order chi connectivity index (χ0) is 19.4. The van der Waals surface area contributed by atoms with Crippen molar-refractivity contribution in [1.82, 2.24) is 10.2 Å². The first-order chi connectivity index (χ1) is 12.9. The van der Waals surface area contributed by atoms with Gasteiger partial charge in [0.05, 0.1) is 9.21 Å². The van der Waals surface area contributed by atoms with E-state index in [4.69, 9.17) is 11.6 Å². The minimum absolute atomic E-state index is 0.00154. The minimum Gasteiger partial charge on any atom is -0.352 e. The number of piperidine rings is 1. The van der Waals surface area contributed by atoms with Crippen LogP contribution in [0.5, 0.6) is 0 Å². The Hall–Kier alpha value is -1.40. The SMILES string of the molecule is CN1C[C@H](NC(=O)CC2(CC(=O)c3ccc(Cl)s3)CCCCC2)CCC1=O. The van der Waals surface area contributed by atoms with E-state index in [1.807, 2.05) is 0 Å². The molecule has 2 heterocycles. The van der Waals surface area contributed by atoms with E-state index in [1.165, 1.54) is 11.3 Å². The molecule has 0 spiro atoms. The molecule has 1 atom stereocenters. The van der Waals surface area contributed by atoms with E-state index in [0.717, 1.165) is 32.1 Å². The molecule has 1 aromatic heterocycles. The monoisotopic (exact) mass is 410 g/mol. The third-order valence-corrected chi connectivity index (χ3v) is 7.10. The third kappa shape index (κ3) is 5.32. The number of rotatable bonds is 6. The first-order valence-electron chi connectivity index (χ1n) is 9.69. The topological polar surface area (TPSA) is 66.5 Å². The van der Waals surface area contributed by atoms with Gasteiger partial charge in [-0.1, -0.05) is 30.9 Å². The van der Waals surface area contributed by atoms with Crippen molar-refractivity contribution in [2.75, 3.05) is 13.6 Å². The van der Waals surface area contributed by atoms with Gasteiger partial charge in [-0.25, -0.2) is 0 Å². The molecule has 148 valence electrons. The van der Waals surface area contributed by atoms with Crippen LogP contribution in [0.2, 0.25) is 4.34 Å². The molecule has 1 N–H and O–H groups in total. The molecular weight excluding hydrogens is 384 g/mol. The highest BCUT2D eigenvalue weighted by Crippen LogP contribution is 2.43. The van der Waals surface area contributed by atoms with Crippen molar-refractivity contribution in [3.8, 4) is 0 Å². The number of amides is 2. The second kappa shape index (κ2) is 8.74. The average molecular weight is 411 g/mol. The summed E-state index contributed by atoms with van der Waals surface area (Å²) in [5.74, 6) is 0.218. The number of thiophene rings is 1. The molecule has 7 heteroatoms. The standard InChI is InChI=1S/C20H27ClN2O3S/c1-23-13-14(5-8-19(23)26)22-18(25)12-20(9-3-2-4-10-20)11-15(24)16-6-7-17(21)27-16/h6-7,14H,2-5,8-13H2,1H3,(H,22,25)/t14-/m1/s1. The van der Waals surface area contributed by atoms with Gasteiger partial charge >= 0.3 is 0 Å². The van der Waals surface area contributed by atoms with Gasteiger partial charge in [0.2, 0.25) is 11.8 Å². The number of Topliss-reactive ketones (excluding diaryl/α,β-unsaturated/α-hetero) is 1. The Labute approximate surface area is 169 Å². The summed E-state index contributed by atoms with van der Waals surface area (Å²) in [6.45, 7) is 0.560. The van der Waals surface area contributed by atoms with E-state index < -0.39 is 0 Å². The molecular formula is C20H27ClN2O3S. The summed E-state index contributed by atoms with van der Waals surface area (Å²) in [7, 11) is 1.77. The van der Waals surface area contributed by atoms with Crippen LogP contribution in [0.1, 0.15) is 67.5 Å². The van der Waals surface area contributed by atoms with Gasteiger partial charge in [0, 0.05) is 38.9 Å². The van der Waals surface area contributed by atoms with Crippen LogP contribution in [0.15, 0.2) is 12.1 Å². The molecule has 1 saturated heterocycles. The quantitative estimate of drug-likeness (QED) is 0.719. The summed E-state index contributed by atoms with van der Waals surface area (Å²) in [6.07, 6.45) is 7.06. The van der Waals surface area contributed by atoms with Crippen molar-refractivity contribution in [2.45, 2.75) is 63.8 Å². The summed E-state index contributed by atoms with van der Waals surface area (Å²) in [5.41, 5.74) is -0.258. The fraction of sp³-hybridized carbons (Fsp3) is 0.650. The van der Waals surface area contributed by atoms with Crippen molar-refractivity contribution in [3.63, 3.8) is 0 Å². The fourth-order valence-electron chi connectivity index (χ4n) is 4.36. The Kier molecular flexibility index (Phi) is 6.58. The van der Waals surface area contributed by atoms with Crippen LogP contribution < -0.4 is 5.32 Å². The van der Waals surface area contributed by atoms with Crippen LogP contribution in [0, 0.1) is 5.41 Å². The first-order valence-corrected chi connectivity index (χ1v) is 10.9. The van der Waals surface area contributed by atoms with Gasteiger partial charge in [-0.15, -0.1) is 11.3 Å². The van der Waals surface area contributed by atoms with Gasteiger partial charge in [-0.2, -0.15) is 0 Å². The minimum atomic E-state index is -0.258. The number of likely N-dealkylation sites (N-methyl/N-ethyl adjacent to an activating group) is 1. The maximum Gasteiger partial charge on any atom is 0.222 e. The number of nitrogens with zero attached hydrogens (tertiary/aromatic N) is 1. The zero-order valence-corrected chi connectivity index (χ0v) is 17.3. The van der Waals surface area contributed by atoms with Crippen LogP contribution in [0.4, 0.5) is 0 Å². The second-order valence-electron chi connectivity index (χ2n) is 8.02. The Morgan fingerprint density at radius 3 is 2.63 bits per heavy atom. The van der Waals surface area contributed by atoms with Crippen LogP contribution in [0.25, 0.3) is 0 Å². The lowest BCUT2D eigenvalue weighted by Gasteiger charge is -2.37. The van der Waals surface area contributed by atoms with Gasteiger partial charge < -0.3 is 10.2 Å². The number of nitrogens with one attached hydrogen (secondary N) is 1. The normalized spacial score (nSPS) is 22.5. The van der Waals surface area contributed by atoms with Crippen molar-refractivity contribution in [3.05, 3.63) is 21.3 Å². The van der Waals surface area contributed by atoms with E-state index in [-0.39, 0.29) is 29.1 Å². The number of hydrogen-bond donors (Lipinski definition) is 1. The average Bonchev–Trinajstić information content (AvgIpc) is 3.05. The van der Waals surface area contributed by atoms with E-state index >= 15 is 0 Å². The molecule has 0 unspecified atom stereocenters. The summed E-state index contributed by atoms with van der Waals surface area (Å²) < 4.78 is 0.616. The smallest absolute Gasteiger partial charge is 0.222 e. The summed E-state index contributed by atoms with van der Waals surface area (Å²) >= 11 is 7.28. The number of carbonyl (C=O) groups is 3. The van der Waals surface area contributed by atoms with Crippen molar-refractivity contribution >= 4 is 40.5 Å². The van der Waals surface area contributed by atoms with Crippen molar-refractivity contribution in [1.29, 1.82) is 0 Å². The van der Waals surface area contributed by atoms with Gasteiger partial charge in [0.15, 0.2) is 5.78 Å². The molecule has 0 bridgehead atoms. The van der Waals surface area contributed by atoms with E-state index in [9.17, 15) is 14.4 Å². The van der Waals surface area contributed by atoms with Gasteiger partial charge in [-0.3, -0.25) is 14.4 Å². The number of hydrogen-bond acceptors (Lipinski definition) is 4. The first kappa shape index (κ1) is 20.3. The Bertz CT molecular complexity index is 712. The Morgan fingerprint density at radius 1 is 1.26 bits per heavy atom.